The van der Waals surface area contributed by atoms with Crippen LogP contribution >= 0.6 is 54.2 Å². The van der Waals surface area contributed by atoms with Crippen molar-refractivity contribution in [2.75, 3.05) is 0 Å². The second-order valence-electron chi connectivity index (χ2n) is 0. The van der Waals surface area contributed by atoms with Gasteiger partial charge in [0.05, 0.1) is 0 Å². The van der Waals surface area contributed by atoms with E-state index in [1.54, 1.807) is 0 Å². The van der Waals surface area contributed by atoms with E-state index in [1.165, 1.54) is 0 Å². The van der Waals surface area contributed by atoms with Gasteiger partial charge in [-0.3, -0.25) is 0 Å². The Kier molecular flexibility index (Phi) is 539. The van der Waals surface area contributed by atoms with E-state index in [4.69, 9.17) is 0 Å². The number of halogens is 4. The van der Waals surface area contributed by atoms with Gasteiger partial charge in [0.1, 0.15) is 0 Å². The summed E-state index contributed by atoms with van der Waals surface area (Å²) in [5.41, 5.74) is 0. The van der Waals surface area contributed by atoms with Crippen LogP contribution in [-0.2, 0) is 0 Å². The third kappa shape index (κ3) is 25.1. The van der Waals surface area contributed by atoms with Crippen molar-refractivity contribution in [3.05, 3.63) is 0 Å². The molecule has 5 heavy (non-hydrogen) atoms. The molecule has 0 aliphatic rings. The summed E-state index contributed by atoms with van der Waals surface area (Å²) < 4.78 is 0. The van der Waals surface area contributed by atoms with Crippen molar-refractivity contribution in [2.24, 2.45) is 0 Å². The van der Waals surface area contributed by atoms with Crippen LogP contribution in [0, 0.1) is 0 Å². The van der Waals surface area contributed by atoms with Crippen LogP contribution in [0.15, 0.2) is 0 Å². The van der Waals surface area contributed by atoms with E-state index in [0.717, 1.165) is 0 Å². The van der Waals surface area contributed by atoms with Gasteiger partial charge >= 0.3 is 0 Å². The summed E-state index contributed by atoms with van der Waals surface area (Å²) in [4.78, 5) is 0. The molecule has 0 aromatic carbocycles. The first kappa shape index (κ1) is 67.7. The zero-order chi connectivity index (χ0) is 0. The molecule has 0 aliphatic heterocycles. The molecule has 0 atom stereocenters. The molecule has 0 aromatic heterocycles. The Bertz CT molecular complexity index is 6.85. The Balaban J connectivity index is 0. The monoisotopic (exact) mass is 268 g/mol. The van der Waals surface area contributed by atoms with Crippen LogP contribution in [0.3, 0.4) is 0 Å². The molecule has 5 heteroatoms. The molecule has 0 fully saturated rings. The Hall–Kier alpha value is 1.87. The molecule has 0 aromatic rings. The molecular formula is H4BrCl3Se. The number of hydrogen-bond acceptors (Lipinski definition) is 0. The van der Waals surface area contributed by atoms with Crippen molar-refractivity contribution >= 4 is 71.3 Å². The molecule has 0 saturated heterocycles. The van der Waals surface area contributed by atoms with E-state index >= 15 is 0 Å². The van der Waals surface area contributed by atoms with Gasteiger partial charge in [-0.1, -0.05) is 0 Å². The van der Waals surface area contributed by atoms with E-state index < -0.39 is 0 Å². The fourth-order valence-corrected chi connectivity index (χ4v) is 0. The molecule has 0 nitrogen and oxygen atoms in total. The standard InChI is InChI=1S/BrH.3ClH.Se/h4*1H;. The third-order valence-corrected chi connectivity index (χ3v) is 0. The van der Waals surface area contributed by atoms with Crippen LogP contribution in [0.5, 0.6) is 0 Å². The molecule has 0 saturated carbocycles. The van der Waals surface area contributed by atoms with E-state index in [9.17, 15) is 0 Å². The molecule has 0 spiro atoms. The summed E-state index contributed by atoms with van der Waals surface area (Å²) in [6.45, 7) is 0. The first-order valence-corrected chi connectivity index (χ1v) is 0. The van der Waals surface area contributed by atoms with Crippen LogP contribution in [0.2, 0.25) is 0 Å². The maximum atomic E-state index is 0. The van der Waals surface area contributed by atoms with Gasteiger partial charge < -0.3 is 0 Å². The van der Waals surface area contributed by atoms with E-state index in [0.29, 0.717) is 0 Å². The minimum absolute atomic E-state index is 0. The van der Waals surface area contributed by atoms with Crippen molar-refractivity contribution in [3.8, 4) is 0 Å². The number of rotatable bonds is 0. The van der Waals surface area contributed by atoms with Crippen molar-refractivity contribution in [1.29, 1.82) is 0 Å². The Morgan fingerprint density at radius 1 is 0.600 bits per heavy atom. The molecule has 0 aliphatic carbocycles. The van der Waals surface area contributed by atoms with Gasteiger partial charge in [-0.05, 0) is 0 Å². The summed E-state index contributed by atoms with van der Waals surface area (Å²) in [7, 11) is 0. The molecule has 38 valence electrons. The summed E-state index contributed by atoms with van der Waals surface area (Å²) in [5, 5.41) is 0. The minimum Gasteiger partial charge on any atom is -0.147 e. The van der Waals surface area contributed by atoms with Crippen molar-refractivity contribution in [2.45, 2.75) is 0 Å². The van der Waals surface area contributed by atoms with Crippen molar-refractivity contribution < 1.29 is 0 Å². The Morgan fingerprint density at radius 3 is 0.600 bits per heavy atom. The second-order valence-corrected chi connectivity index (χ2v) is 0. The van der Waals surface area contributed by atoms with Crippen LogP contribution in [0.1, 0.15) is 0 Å². The van der Waals surface area contributed by atoms with Gasteiger partial charge in [0.2, 0.25) is 0 Å². The van der Waals surface area contributed by atoms with Gasteiger partial charge in [-0.2, -0.15) is 0 Å². The van der Waals surface area contributed by atoms with E-state index in [-0.39, 0.29) is 71.3 Å². The predicted octanol–water partition coefficient (Wildman–Crippen LogP) is 1.46. The molecule has 0 bridgehead atoms. The zero-order valence-corrected chi connectivity index (χ0v) is 7.92. The smallest absolute Gasteiger partial charge is 0 e. The Morgan fingerprint density at radius 2 is 0.600 bits per heavy atom. The van der Waals surface area contributed by atoms with Gasteiger partial charge in [0.25, 0.3) is 0 Å². The molecule has 0 heterocycles. The molecule has 0 amide bonds. The molecule has 0 rings (SSSR count). The Labute approximate surface area is 70.9 Å². The summed E-state index contributed by atoms with van der Waals surface area (Å²) in [6, 6.07) is 0. The van der Waals surface area contributed by atoms with Crippen LogP contribution in [0.25, 0.3) is 0 Å². The molecule has 0 unspecified atom stereocenters. The fourth-order valence-electron chi connectivity index (χ4n) is 0. The average Bonchev–Trinajstić information content (AvgIpc) is 0. The maximum absolute atomic E-state index is 0. The topological polar surface area (TPSA) is 0 Å². The van der Waals surface area contributed by atoms with E-state index in [2.05, 4.69) is 0 Å². The van der Waals surface area contributed by atoms with Crippen LogP contribution < -0.4 is 0 Å². The fraction of sp³-hybridized carbons (Fsp3) is 0. The number of hydrogen-bond donors (Lipinski definition) is 0. The minimum atomic E-state index is 0. The molecule has 2 radical (unpaired) electrons. The van der Waals surface area contributed by atoms with Gasteiger partial charge in [0, 0.05) is 17.1 Å². The summed E-state index contributed by atoms with van der Waals surface area (Å²) in [6.07, 6.45) is 0. The van der Waals surface area contributed by atoms with E-state index in [1.807, 2.05) is 0 Å². The third-order valence-electron chi connectivity index (χ3n) is 0. The predicted molar refractivity (Wildman–Crippen MR) is 37.8 cm³/mol. The van der Waals surface area contributed by atoms with Gasteiger partial charge in [-0.25, -0.2) is 0 Å². The molecule has 0 N–H and O–H groups in total. The van der Waals surface area contributed by atoms with Crippen LogP contribution in [-0.4, -0.2) is 17.1 Å². The molecular weight excluding hydrogens is 265 g/mol. The average molecular weight is 269 g/mol. The normalized spacial score (nSPS) is 0. The summed E-state index contributed by atoms with van der Waals surface area (Å²) >= 11 is 0. The first-order chi connectivity index (χ1) is 0. The zero-order valence-electron chi connectivity index (χ0n) is 2.04. The first-order valence-electron chi connectivity index (χ1n) is 0. The second kappa shape index (κ2) is 39.8. The van der Waals surface area contributed by atoms with Gasteiger partial charge in [0.15, 0.2) is 0 Å². The summed E-state index contributed by atoms with van der Waals surface area (Å²) in [5.74, 6) is 0. The van der Waals surface area contributed by atoms with Crippen molar-refractivity contribution in [1.82, 2.24) is 0 Å². The van der Waals surface area contributed by atoms with Crippen molar-refractivity contribution in [3.63, 3.8) is 0 Å². The largest absolute Gasteiger partial charge is 0.147 e. The quantitative estimate of drug-likeness (QED) is 0.584. The maximum Gasteiger partial charge on any atom is 0 e. The van der Waals surface area contributed by atoms with Gasteiger partial charge in [-0.15, -0.1) is 54.2 Å². The van der Waals surface area contributed by atoms with Crippen LogP contribution in [0.4, 0.5) is 0 Å². The SMILES string of the molecule is Br.Cl.Cl.Cl.[Se].